The van der Waals surface area contributed by atoms with Crippen molar-refractivity contribution >= 4 is 28.9 Å². The van der Waals surface area contributed by atoms with Crippen molar-refractivity contribution in [1.29, 1.82) is 0 Å². The molecule has 2 aromatic carbocycles. The van der Waals surface area contributed by atoms with Gasteiger partial charge in [-0.25, -0.2) is 27.8 Å². The van der Waals surface area contributed by atoms with E-state index < -0.39 is 48.0 Å². The van der Waals surface area contributed by atoms with E-state index >= 15 is 0 Å². The number of ether oxygens (including phenoxy) is 2. The summed E-state index contributed by atoms with van der Waals surface area (Å²) < 4.78 is 121. The van der Waals surface area contributed by atoms with E-state index in [4.69, 9.17) is 9.47 Å². The molecule has 0 unspecified atom stereocenters. The maximum Gasteiger partial charge on any atom is 0.433 e. The largest absolute Gasteiger partial charge is 0.497 e. The number of nitrogens with zero attached hydrogens (tertiary/aromatic N) is 8. The summed E-state index contributed by atoms with van der Waals surface area (Å²) in [5.41, 5.74) is -2.10. The van der Waals surface area contributed by atoms with Crippen LogP contribution in [0.3, 0.4) is 0 Å². The monoisotopic (exact) mass is 858 g/mol. The van der Waals surface area contributed by atoms with Crippen molar-refractivity contribution in [3.63, 3.8) is 0 Å². The van der Waals surface area contributed by atoms with E-state index in [1.807, 2.05) is 0 Å². The van der Waals surface area contributed by atoms with Crippen molar-refractivity contribution in [3.05, 3.63) is 95.6 Å². The third kappa shape index (κ3) is 9.24. The van der Waals surface area contributed by atoms with Crippen molar-refractivity contribution in [2.45, 2.75) is 44.0 Å². The summed E-state index contributed by atoms with van der Waals surface area (Å²) in [6.45, 7) is -0.423. The fraction of sp³-hybridized carbons (Fsp3) is 0.325. The van der Waals surface area contributed by atoms with E-state index in [1.54, 1.807) is 48.5 Å². The van der Waals surface area contributed by atoms with Gasteiger partial charge in [0.2, 0.25) is 0 Å². The van der Waals surface area contributed by atoms with Gasteiger partial charge in [-0.1, -0.05) is 0 Å². The number of rotatable bonds is 6. The fourth-order valence-electron chi connectivity index (χ4n) is 6.86. The molecule has 2 fully saturated rings. The Hall–Kier alpha value is -6.67. The molecule has 2 amide bonds. The number of methoxy groups -OCH3 is 2. The third-order valence-corrected chi connectivity index (χ3v) is 9.86. The van der Waals surface area contributed by atoms with Gasteiger partial charge < -0.3 is 19.3 Å². The summed E-state index contributed by atoms with van der Waals surface area (Å²) in [5, 5.41) is 7.60. The summed E-state index contributed by atoms with van der Waals surface area (Å²) in [7, 11) is 2.95. The van der Waals surface area contributed by atoms with Gasteiger partial charge in [-0.15, -0.1) is 0 Å². The topological polar surface area (TPSA) is 137 Å². The summed E-state index contributed by atoms with van der Waals surface area (Å²) >= 11 is 0. The number of benzene rings is 2. The summed E-state index contributed by atoms with van der Waals surface area (Å²) in [6, 6.07) is 16.7. The van der Waals surface area contributed by atoms with Crippen LogP contribution >= 0.6 is 0 Å². The zero-order valence-corrected chi connectivity index (χ0v) is 32.2. The summed E-state index contributed by atoms with van der Waals surface area (Å²) in [4.78, 5) is 47.6. The number of halogens is 8. The van der Waals surface area contributed by atoms with Crippen LogP contribution in [0, 0.1) is 0 Å². The first-order valence-corrected chi connectivity index (χ1v) is 18.6. The molecule has 2 saturated heterocycles. The van der Waals surface area contributed by atoms with Gasteiger partial charge in [-0.05, 0) is 73.5 Å². The van der Waals surface area contributed by atoms with Crippen LogP contribution in [0.5, 0.6) is 11.5 Å². The van der Waals surface area contributed by atoms with Crippen LogP contribution in [0.2, 0.25) is 0 Å². The number of likely N-dealkylation sites (tertiary alicyclic amines) is 2. The zero-order valence-electron chi connectivity index (χ0n) is 32.2. The molecule has 8 rings (SSSR count). The fourth-order valence-corrected chi connectivity index (χ4v) is 6.86. The quantitative estimate of drug-likeness (QED) is 0.156. The van der Waals surface area contributed by atoms with Crippen LogP contribution in [-0.4, -0.2) is 103 Å². The molecular weight excluding hydrogens is 824 g/mol. The number of alkyl halides is 8. The van der Waals surface area contributed by atoms with Crippen molar-refractivity contribution in [1.82, 2.24) is 39.0 Å². The number of carbonyl (C=O) groups is 3. The number of amides is 2. The van der Waals surface area contributed by atoms with E-state index in [0.717, 1.165) is 23.1 Å². The predicted octanol–water partition coefficient (Wildman–Crippen LogP) is 7.52. The van der Waals surface area contributed by atoms with Crippen molar-refractivity contribution in [3.8, 4) is 34.0 Å². The van der Waals surface area contributed by atoms with Gasteiger partial charge in [0.15, 0.2) is 39.9 Å². The number of hydrogen-bond donors (Lipinski definition) is 0. The standard InChI is InChI=1S/C20H17F5N4O2.C20H17F3N4O3/c1-31-13-5-3-12(4-6-13)14-9-16(20(23,24)25)29-17(26-14)10-15(27-29)18(30)28-8-2-7-19(21,22)11-28;1-30-14-6-4-12(5-7-14)15-9-17(20(21,22)23)27-18(24-15)10-16(25-27)19(29)26-8-2-3-13(28)11-26/h3-6,9-10H,2,7-8,11H2,1H3;4-7,9-10H,2-3,8,11H2,1H3. The number of fused-ring (bicyclic) bond motifs is 2. The van der Waals surface area contributed by atoms with Gasteiger partial charge in [0.05, 0.1) is 38.7 Å². The van der Waals surface area contributed by atoms with Gasteiger partial charge in [-0.2, -0.15) is 36.5 Å². The molecule has 0 saturated carbocycles. The molecule has 0 N–H and O–H groups in total. The van der Waals surface area contributed by atoms with Crippen molar-refractivity contribution in [2.24, 2.45) is 0 Å². The second-order valence-corrected chi connectivity index (χ2v) is 14.2. The second-order valence-electron chi connectivity index (χ2n) is 14.2. The highest BCUT2D eigenvalue weighted by Crippen LogP contribution is 2.35. The Morgan fingerprint density at radius 3 is 1.51 bits per heavy atom. The molecule has 13 nitrogen and oxygen atoms in total. The van der Waals surface area contributed by atoms with Crippen LogP contribution in [0.1, 0.15) is 58.0 Å². The molecule has 0 aliphatic carbocycles. The van der Waals surface area contributed by atoms with E-state index in [2.05, 4.69) is 20.2 Å². The maximum atomic E-state index is 13.7. The normalized spacial score (nSPS) is 15.7. The Balaban J connectivity index is 0.000000184. The van der Waals surface area contributed by atoms with Crippen LogP contribution < -0.4 is 9.47 Å². The van der Waals surface area contributed by atoms with Gasteiger partial charge in [-0.3, -0.25) is 14.4 Å². The highest BCUT2D eigenvalue weighted by molar-refractivity contribution is 5.97. The lowest BCUT2D eigenvalue weighted by Crippen LogP contribution is -2.45. The average Bonchev–Trinajstić information content (AvgIpc) is 3.86. The van der Waals surface area contributed by atoms with Crippen molar-refractivity contribution < 1.29 is 59.0 Å². The Kier molecular flexibility index (Phi) is 11.4. The lowest BCUT2D eigenvalue weighted by atomic mass is 10.1. The Morgan fingerprint density at radius 1 is 0.656 bits per heavy atom. The molecular formula is C40H34F8N8O5. The zero-order chi connectivity index (χ0) is 43.9. The number of ketones is 1. The first-order chi connectivity index (χ1) is 28.8. The molecule has 0 radical (unpaired) electrons. The SMILES string of the molecule is COc1ccc(-c2cc(C(F)(F)F)n3nc(C(=O)N4CCCC(=O)C4)cc3n2)cc1.COc1ccc(-c2cc(C(F)(F)F)n3nc(C(=O)N4CCCC(F)(F)C4)cc3n2)cc1. The highest BCUT2D eigenvalue weighted by Gasteiger charge is 2.40. The van der Waals surface area contributed by atoms with Gasteiger partial charge in [0, 0.05) is 49.2 Å². The number of piperidine rings is 2. The molecule has 0 atom stereocenters. The second kappa shape index (κ2) is 16.4. The molecule has 61 heavy (non-hydrogen) atoms. The number of carbonyl (C=O) groups excluding carboxylic acids is 3. The molecule has 0 spiro atoms. The summed E-state index contributed by atoms with van der Waals surface area (Å²) in [5.74, 6) is -3.49. The summed E-state index contributed by atoms with van der Waals surface area (Å²) in [6.07, 6.45) is -8.83. The molecule has 2 aliphatic rings. The van der Waals surface area contributed by atoms with Gasteiger partial charge in [0.1, 0.15) is 11.5 Å². The van der Waals surface area contributed by atoms with E-state index in [-0.39, 0.29) is 65.8 Å². The van der Waals surface area contributed by atoms with Gasteiger partial charge >= 0.3 is 12.4 Å². The molecule has 2 aliphatic heterocycles. The molecule has 4 aromatic heterocycles. The Morgan fingerprint density at radius 2 is 1.10 bits per heavy atom. The number of Topliss-reactive ketones (excluding diaryl/α,β-unsaturated/α-hetero) is 1. The minimum absolute atomic E-state index is 0.0193. The predicted molar refractivity (Wildman–Crippen MR) is 200 cm³/mol. The molecule has 6 heterocycles. The van der Waals surface area contributed by atoms with E-state index in [0.29, 0.717) is 51.0 Å². The third-order valence-electron chi connectivity index (χ3n) is 9.86. The first kappa shape index (κ1) is 42.5. The molecule has 320 valence electrons. The lowest BCUT2D eigenvalue weighted by molar-refractivity contribution is -0.143. The number of aromatic nitrogens is 6. The molecule has 6 aromatic rings. The van der Waals surface area contributed by atoms with Crippen LogP contribution in [0.25, 0.3) is 33.8 Å². The minimum Gasteiger partial charge on any atom is -0.497 e. The average molecular weight is 859 g/mol. The highest BCUT2D eigenvalue weighted by atomic mass is 19.4. The van der Waals surface area contributed by atoms with Crippen molar-refractivity contribution in [2.75, 3.05) is 40.4 Å². The Labute approximate surface area is 340 Å². The van der Waals surface area contributed by atoms with Crippen LogP contribution in [0.4, 0.5) is 35.1 Å². The maximum absolute atomic E-state index is 13.7. The van der Waals surface area contributed by atoms with Gasteiger partial charge in [0.25, 0.3) is 17.7 Å². The van der Waals surface area contributed by atoms with E-state index in [1.165, 1.54) is 25.2 Å². The Bertz CT molecular complexity index is 2610. The molecule has 0 bridgehead atoms. The molecule has 21 heteroatoms. The number of hydrogen-bond acceptors (Lipinski definition) is 9. The van der Waals surface area contributed by atoms with E-state index in [9.17, 15) is 49.5 Å². The van der Waals surface area contributed by atoms with Crippen LogP contribution in [0.15, 0.2) is 72.8 Å². The lowest BCUT2D eigenvalue weighted by Gasteiger charge is -2.31. The van der Waals surface area contributed by atoms with Crippen LogP contribution in [-0.2, 0) is 17.1 Å². The smallest absolute Gasteiger partial charge is 0.433 e. The first-order valence-electron chi connectivity index (χ1n) is 18.6. The minimum atomic E-state index is -4.78.